The molecule has 1 atom stereocenters. The van der Waals surface area contributed by atoms with Crippen molar-refractivity contribution in [2.45, 2.75) is 39.3 Å². The lowest BCUT2D eigenvalue weighted by Gasteiger charge is -2.33. The first kappa shape index (κ1) is 14.1. The van der Waals surface area contributed by atoms with Crippen molar-refractivity contribution in [2.24, 2.45) is 5.92 Å². The number of likely N-dealkylation sites (tertiary alicyclic amines) is 1. The maximum Gasteiger partial charge on any atom is 0.371 e. The molecule has 0 spiro atoms. The van der Waals surface area contributed by atoms with Crippen LogP contribution in [-0.4, -0.2) is 40.3 Å². The molecule has 0 bridgehead atoms. The maximum absolute atomic E-state index is 10.8. The Morgan fingerprint density at radius 2 is 2.16 bits per heavy atom. The fourth-order valence-corrected chi connectivity index (χ4v) is 2.62. The zero-order valence-electron chi connectivity index (χ0n) is 11.4. The van der Waals surface area contributed by atoms with E-state index in [4.69, 9.17) is 9.52 Å². The molecule has 1 aromatic heterocycles. The van der Waals surface area contributed by atoms with Gasteiger partial charge in [0.05, 0.1) is 6.10 Å². The molecule has 5 nitrogen and oxygen atoms in total. The smallest absolute Gasteiger partial charge is 0.371 e. The van der Waals surface area contributed by atoms with Gasteiger partial charge in [-0.2, -0.15) is 0 Å². The van der Waals surface area contributed by atoms with Gasteiger partial charge in [0.1, 0.15) is 5.76 Å². The molecule has 2 rings (SSSR count). The van der Waals surface area contributed by atoms with Crippen molar-refractivity contribution in [3.63, 3.8) is 0 Å². The van der Waals surface area contributed by atoms with Crippen LogP contribution in [0.4, 0.5) is 0 Å². The zero-order chi connectivity index (χ0) is 14.0. The third-order valence-electron chi connectivity index (χ3n) is 3.94. The second kappa shape index (κ2) is 5.75. The van der Waals surface area contributed by atoms with Crippen molar-refractivity contribution in [1.29, 1.82) is 0 Å². The Balaban J connectivity index is 1.94. The van der Waals surface area contributed by atoms with E-state index in [0.29, 0.717) is 11.7 Å². The van der Waals surface area contributed by atoms with Crippen molar-refractivity contribution in [1.82, 2.24) is 4.90 Å². The summed E-state index contributed by atoms with van der Waals surface area (Å²) < 4.78 is 5.21. The second-order valence-corrected chi connectivity index (χ2v) is 5.35. The highest BCUT2D eigenvalue weighted by atomic mass is 16.4. The highest BCUT2D eigenvalue weighted by Gasteiger charge is 2.23. The molecular weight excluding hydrogens is 246 g/mol. The number of aryl methyl sites for hydroxylation is 1. The second-order valence-electron chi connectivity index (χ2n) is 5.35. The van der Waals surface area contributed by atoms with Crippen LogP contribution < -0.4 is 0 Å². The van der Waals surface area contributed by atoms with Gasteiger partial charge in [0.15, 0.2) is 0 Å². The van der Waals surface area contributed by atoms with E-state index in [1.165, 1.54) is 0 Å². The van der Waals surface area contributed by atoms with Gasteiger partial charge in [0.2, 0.25) is 5.76 Å². The Labute approximate surface area is 112 Å². The van der Waals surface area contributed by atoms with Crippen LogP contribution in [0.25, 0.3) is 0 Å². The van der Waals surface area contributed by atoms with Gasteiger partial charge in [-0.25, -0.2) is 4.79 Å². The fraction of sp³-hybridized carbons (Fsp3) is 0.643. The third-order valence-corrected chi connectivity index (χ3v) is 3.94. The Morgan fingerprint density at radius 1 is 1.53 bits per heavy atom. The largest absolute Gasteiger partial charge is 0.475 e. The standard InChI is InChI=1S/C14H21NO4/c1-9(16)11-3-5-15(6-4-11)8-12-7-13(14(17)18)19-10(12)2/h7,9,11,16H,3-6,8H2,1-2H3,(H,17,18). The van der Waals surface area contributed by atoms with Gasteiger partial charge >= 0.3 is 5.97 Å². The molecule has 0 aromatic carbocycles. The van der Waals surface area contributed by atoms with Gasteiger partial charge < -0.3 is 14.6 Å². The highest BCUT2D eigenvalue weighted by Crippen LogP contribution is 2.23. The van der Waals surface area contributed by atoms with Gasteiger partial charge in [-0.1, -0.05) is 0 Å². The first-order valence-corrected chi connectivity index (χ1v) is 6.70. The van der Waals surface area contributed by atoms with Gasteiger partial charge in [-0.15, -0.1) is 0 Å². The summed E-state index contributed by atoms with van der Waals surface area (Å²) in [4.78, 5) is 13.1. The average Bonchev–Trinajstić information content (AvgIpc) is 2.72. The number of carboxylic acids is 1. The predicted molar refractivity (Wildman–Crippen MR) is 70.1 cm³/mol. The summed E-state index contributed by atoms with van der Waals surface area (Å²) in [5.74, 6) is 0.0415. The maximum atomic E-state index is 10.8. The third kappa shape index (κ3) is 3.36. The molecule has 2 N–H and O–H groups in total. The summed E-state index contributed by atoms with van der Waals surface area (Å²) in [6, 6.07) is 1.61. The molecular formula is C14H21NO4. The van der Waals surface area contributed by atoms with Crippen LogP contribution in [-0.2, 0) is 6.54 Å². The van der Waals surface area contributed by atoms with Crippen molar-refractivity contribution >= 4 is 5.97 Å². The average molecular weight is 267 g/mol. The molecule has 0 amide bonds. The van der Waals surface area contributed by atoms with Crippen LogP contribution in [0.1, 0.15) is 41.6 Å². The summed E-state index contributed by atoms with van der Waals surface area (Å²) in [5.41, 5.74) is 0.938. The molecule has 0 radical (unpaired) electrons. The van der Waals surface area contributed by atoms with E-state index in [0.717, 1.165) is 38.0 Å². The minimum atomic E-state index is -1.03. The van der Waals surface area contributed by atoms with Gasteiger partial charge in [-0.05, 0) is 51.8 Å². The highest BCUT2D eigenvalue weighted by molar-refractivity contribution is 5.84. The number of aliphatic hydroxyl groups is 1. The number of carboxylic acid groups (broad SMARTS) is 1. The molecule has 0 aliphatic carbocycles. The molecule has 0 saturated carbocycles. The Bertz CT molecular complexity index is 444. The molecule has 2 heterocycles. The van der Waals surface area contributed by atoms with E-state index in [-0.39, 0.29) is 11.9 Å². The zero-order valence-corrected chi connectivity index (χ0v) is 11.4. The van der Waals surface area contributed by atoms with E-state index >= 15 is 0 Å². The molecule has 1 fully saturated rings. The number of aliphatic hydroxyl groups excluding tert-OH is 1. The van der Waals surface area contributed by atoms with E-state index in [9.17, 15) is 9.90 Å². The van der Waals surface area contributed by atoms with Crippen molar-refractivity contribution in [2.75, 3.05) is 13.1 Å². The molecule has 19 heavy (non-hydrogen) atoms. The van der Waals surface area contributed by atoms with E-state index < -0.39 is 5.97 Å². The molecule has 1 unspecified atom stereocenters. The SMILES string of the molecule is Cc1oc(C(=O)O)cc1CN1CCC(C(C)O)CC1. The predicted octanol–water partition coefficient (Wildman–Crippen LogP) is 1.88. The first-order chi connectivity index (χ1) is 8.97. The van der Waals surface area contributed by atoms with Crippen LogP contribution in [0.15, 0.2) is 10.5 Å². The molecule has 1 aliphatic heterocycles. The number of nitrogens with zero attached hydrogens (tertiary/aromatic N) is 1. The van der Waals surface area contributed by atoms with Crippen LogP contribution in [0.2, 0.25) is 0 Å². The Morgan fingerprint density at radius 3 is 2.63 bits per heavy atom. The summed E-state index contributed by atoms with van der Waals surface area (Å²) in [6.45, 7) is 6.23. The van der Waals surface area contributed by atoms with Crippen molar-refractivity contribution in [3.05, 3.63) is 23.2 Å². The number of aromatic carboxylic acids is 1. The van der Waals surface area contributed by atoms with E-state index in [1.807, 2.05) is 6.92 Å². The van der Waals surface area contributed by atoms with Crippen LogP contribution >= 0.6 is 0 Å². The summed E-state index contributed by atoms with van der Waals surface area (Å²) >= 11 is 0. The lowest BCUT2D eigenvalue weighted by atomic mass is 9.92. The lowest BCUT2D eigenvalue weighted by Crippen LogP contribution is -2.36. The van der Waals surface area contributed by atoms with Crippen molar-refractivity contribution < 1.29 is 19.4 Å². The molecule has 1 aliphatic rings. The molecule has 106 valence electrons. The lowest BCUT2D eigenvalue weighted by molar-refractivity contribution is 0.0660. The van der Waals surface area contributed by atoms with Gasteiger partial charge in [0, 0.05) is 12.1 Å². The van der Waals surface area contributed by atoms with Crippen LogP contribution in [0, 0.1) is 12.8 Å². The van der Waals surface area contributed by atoms with Gasteiger partial charge in [-0.3, -0.25) is 4.90 Å². The van der Waals surface area contributed by atoms with Crippen LogP contribution in [0.3, 0.4) is 0 Å². The summed E-state index contributed by atoms with van der Waals surface area (Å²) in [5, 5.41) is 18.5. The summed E-state index contributed by atoms with van der Waals surface area (Å²) in [6.07, 6.45) is 1.73. The number of furan rings is 1. The molecule has 5 heteroatoms. The minimum absolute atomic E-state index is 0.00589. The number of hydrogen-bond acceptors (Lipinski definition) is 4. The monoisotopic (exact) mass is 267 g/mol. The Hall–Kier alpha value is -1.33. The number of piperidine rings is 1. The molecule has 1 saturated heterocycles. The number of hydrogen-bond donors (Lipinski definition) is 2. The first-order valence-electron chi connectivity index (χ1n) is 6.70. The number of rotatable bonds is 4. The van der Waals surface area contributed by atoms with Crippen molar-refractivity contribution in [3.8, 4) is 0 Å². The molecule has 1 aromatic rings. The van der Waals surface area contributed by atoms with Crippen LogP contribution in [0.5, 0.6) is 0 Å². The summed E-state index contributed by atoms with van der Waals surface area (Å²) in [7, 11) is 0. The number of carbonyl (C=O) groups is 1. The quantitative estimate of drug-likeness (QED) is 0.871. The fourth-order valence-electron chi connectivity index (χ4n) is 2.62. The van der Waals surface area contributed by atoms with E-state index in [2.05, 4.69) is 4.90 Å². The van der Waals surface area contributed by atoms with E-state index in [1.54, 1.807) is 13.0 Å². The topological polar surface area (TPSA) is 73.9 Å². The van der Waals surface area contributed by atoms with Gasteiger partial charge in [0.25, 0.3) is 0 Å². The normalized spacial score (nSPS) is 19.5. The minimum Gasteiger partial charge on any atom is -0.475 e. The Kier molecular flexibility index (Phi) is 4.27.